The summed E-state index contributed by atoms with van der Waals surface area (Å²) in [4.78, 5) is 9.97. The van der Waals surface area contributed by atoms with Crippen molar-refractivity contribution in [3.8, 4) is 17.3 Å². The lowest BCUT2D eigenvalue weighted by Gasteiger charge is -2.19. The van der Waals surface area contributed by atoms with Crippen LogP contribution in [0.15, 0.2) is 58.6 Å². The first kappa shape index (κ1) is 17.9. The Kier molecular flexibility index (Phi) is 4.13. The maximum absolute atomic E-state index is 5.91. The van der Waals surface area contributed by atoms with Crippen LogP contribution < -0.4 is 4.74 Å². The summed E-state index contributed by atoms with van der Waals surface area (Å²) >= 11 is 1.59. The van der Waals surface area contributed by atoms with Crippen LogP contribution in [-0.2, 0) is 12.0 Å². The van der Waals surface area contributed by atoms with E-state index in [1.807, 2.05) is 35.7 Å². The molecule has 4 heterocycles. The van der Waals surface area contributed by atoms with Crippen molar-refractivity contribution < 1.29 is 9.15 Å². The summed E-state index contributed by atoms with van der Waals surface area (Å²) in [6, 6.07) is 14.0. The van der Waals surface area contributed by atoms with E-state index in [1.54, 1.807) is 22.2 Å². The topological polar surface area (TPSA) is 65.5 Å². The fourth-order valence-corrected chi connectivity index (χ4v) is 3.88. The van der Waals surface area contributed by atoms with Gasteiger partial charge in [-0.1, -0.05) is 32.9 Å². The molecule has 5 aromatic rings. The predicted octanol–water partition coefficient (Wildman–Crippen LogP) is 5.48. The van der Waals surface area contributed by atoms with Gasteiger partial charge in [-0.05, 0) is 46.7 Å². The van der Waals surface area contributed by atoms with Gasteiger partial charge in [-0.25, -0.2) is 14.5 Å². The molecule has 0 amide bonds. The summed E-state index contributed by atoms with van der Waals surface area (Å²) in [6.45, 7) is 6.93. The number of hydrogen-bond acceptors (Lipinski definition) is 6. The highest BCUT2D eigenvalue weighted by Gasteiger charge is 2.15. The van der Waals surface area contributed by atoms with Gasteiger partial charge in [-0.2, -0.15) is 0 Å². The van der Waals surface area contributed by atoms with Crippen LogP contribution in [0.5, 0.6) is 5.75 Å². The molecule has 4 aromatic heterocycles. The molecule has 0 saturated heterocycles. The third-order valence-corrected chi connectivity index (χ3v) is 5.61. The summed E-state index contributed by atoms with van der Waals surface area (Å²) < 4.78 is 13.5. The Balaban J connectivity index is 1.33. The molecule has 0 bridgehead atoms. The van der Waals surface area contributed by atoms with Gasteiger partial charge >= 0.3 is 0 Å². The average Bonchev–Trinajstić information content (AvgIpc) is 3.43. The van der Waals surface area contributed by atoms with E-state index >= 15 is 0 Å². The minimum Gasteiger partial charge on any atom is -0.486 e. The normalized spacial score (nSPS) is 12.1. The standard InChI is InChI=1S/C22H20N4O2S/c1-22(2,3)14-4-6-15(7-5-14)27-12-16-8-9-18(28-16)19-24-20-17-10-11-29-21(17)23-13-26(20)25-19/h4-11,13H,12H2,1-3H3. The number of furan rings is 1. The number of rotatable bonds is 4. The number of nitrogens with zero attached hydrogens (tertiary/aromatic N) is 4. The second kappa shape index (κ2) is 6.70. The molecule has 0 N–H and O–H groups in total. The van der Waals surface area contributed by atoms with Gasteiger partial charge in [0.1, 0.15) is 29.3 Å². The van der Waals surface area contributed by atoms with E-state index in [4.69, 9.17) is 9.15 Å². The molecule has 0 aliphatic heterocycles. The lowest BCUT2D eigenvalue weighted by Crippen LogP contribution is -2.10. The molecule has 0 aliphatic carbocycles. The first-order valence-corrected chi connectivity index (χ1v) is 10.3. The maximum Gasteiger partial charge on any atom is 0.217 e. The largest absolute Gasteiger partial charge is 0.486 e. The van der Waals surface area contributed by atoms with Crippen molar-refractivity contribution in [1.29, 1.82) is 0 Å². The summed E-state index contributed by atoms with van der Waals surface area (Å²) in [5.74, 6) is 2.68. The smallest absolute Gasteiger partial charge is 0.217 e. The molecule has 0 unspecified atom stereocenters. The molecular weight excluding hydrogens is 384 g/mol. The lowest BCUT2D eigenvalue weighted by atomic mass is 9.87. The molecule has 0 saturated carbocycles. The highest BCUT2D eigenvalue weighted by molar-refractivity contribution is 7.16. The van der Waals surface area contributed by atoms with E-state index < -0.39 is 0 Å². The van der Waals surface area contributed by atoms with Crippen molar-refractivity contribution in [2.45, 2.75) is 32.8 Å². The van der Waals surface area contributed by atoms with Gasteiger partial charge in [0.2, 0.25) is 5.82 Å². The van der Waals surface area contributed by atoms with Gasteiger partial charge in [0.15, 0.2) is 11.4 Å². The van der Waals surface area contributed by atoms with E-state index in [9.17, 15) is 0 Å². The summed E-state index contributed by atoms with van der Waals surface area (Å²) in [5.41, 5.74) is 2.18. The quantitative estimate of drug-likeness (QED) is 0.397. The molecule has 0 fully saturated rings. The minimum absolute atomic E-state index is 0.125. The molecule has 5 rings (SSSR count). The van der Waals surface area contributed by atoms with E-state index in [-0.39, 0.29) is 5.41 Å². The van der Waals surface area contributed by atoms with Gasteiger partial charge in [-0.3, -0.25) is 0 Å². The monoisotopic (exact) mass is 404 g/mol. The summed E-state index contributed by atoms with van der Waals surface area (Å²) in [7, 11) is 0. The minimum atomic E-state index is 0.125. The van der Waals surface area contributed by atoms with Crippen LogP contribution in [0.4, 0.5) is 0 Å². The van der Waals surface area contributed by atoms with Crippen LogP contribution in [0.25, 0.3) is 27.4 Å². The van der Waals surface area contributed by atoms with Crippen LogP contribution in [0.2, 0.25) is 0 Å². The van der Waals surface area contributed by atoms with Crippen LogP contribution >= 0.6 is 11.3 Å². The Bertz CT molecular complexity index is 1290. The van der Waals surface area contributed by atoms with Crippen molar-refractivity contribution in [3.05, 3.63) is 65.5 Å². The molecular formula is C22H20N4O2S. The molecule has 0 atom stereocenters. The van der Waals surface area contributed by atoms with Crippen molar-refractivity contribution in [1.82, 2.24) is 19.6 Å². The highest BCUT2D eigenvalue weighted by atomic mass is 32.1. The van der Waals surface area contributed by atoms with E-state index in [2.05, 4.69) is 48.0 Å². The third-order valence-electron chi connectivity index (χ3n) is 4.78. The lowest BCUT2D eigenvalue weighted by molar-refractivity contribution is 0.271. The van der Waals surface area contributed by atoms with Crippen molar-refractivity contribution >= 4 is 27.2 Å². The van der Waals surface area contributed by atoms with Crippen LogP contribution in [0.3, 0.4) is 0 Å². The molecule has 0 radical (unpaired) electrons. The number of thiophene rings is 1. The SMILES string of the molecule is CC(C)(C)c1ccc(OCc2ccc(-c3nc4c5ccsc5ncn4n3)o2)cc1. The van der Waals surface area contributed by atoms with Gasteiger partial charge < -0.3 is 9.15 Å². The Morgan fingerprint density at radius 1 is 1.07 bits per heavy atom. The van der Waals surface area contributed by atoms with Gasteiger partial charge in [0.05, 0.1) is 5.39 Å². The highest BCUT2D eigenvalue weighted by Crippen LogP contribution is 2.27. The second-order valence-electron chi connectivity index (χ2n) is 7.92. The molecule has 0 aliphatic rings. The molecule has 6 nitrogen and oxygen atoms in total. The third kappa shape index (κ3) is 3.38. The van der Waals surface area contributed by atoms with Crippen LogP contribution in [-0.4, -0.2) is 19.6 Å². The van der Waals surface area contributed by atoms with Crippen molar-refractivity contribution in [2.24, 2.45) is 0 Å². The number of fused-ring (bicyclic) bond motifs is 3. The number of aromatic nitrogens is 4. The molecule has 0 spiro atoms. The zero-order chi connectivity index (χ0) is 20.0. The van der Waals surface area contributed by atoms with Crippen LogP contribution in [0.1, 0.15) is 32.1 Å². The van der Waals surface area contributed by atoms with Crippen molar-refractivity contribution in [3.63, 3.8) is 0 Å². The fourth-order valence-electron chi connectivity index (χ4n) is 3.15. The number of ether oxygens (including phenoxy) is 1. The van der Waals surface area contributed by atoms with Gasteiger partial charge in [0, 0.05) is 0 Å². The first-order chi connectivity index (χ1) is 14.0. The predicted molar refractivity (Wildman–Crippen MR) is 113 cm³/mol. The van der Waals surface area contributed by atoms with E-state index in [0.717, 1.165) is 27.4 Å². The van der Waals surface area contributed by atoms with Gasteiger partial charge in [0.25, 0.3) is 0 Å². The Hall–Kier alpha value is -3.19. The zero-order valence-corrected chi connectivity index (χ0v) is 17.2. The Morgan fingerprint density at radius 3 is 2.69 bits per heavy atom. The second-order valence-corrected chi connectivity index (χ2v) is 8.81. The molecule has 29 heavy (non-hydrogen) atoms. The molecule has 1 aromatic carbocycles. The van der Waals surface area contributed by atoms with Crippen LogP contribution in [0, 0.1) is 0 Å². The maximum atomic E-state index is 5.91. The summed E-state index contributed by atoms with van der Waals surface area (Å²) in [5, 5.41) is 7.48. The molecule has 7 heteroatoms. The van der Waals surface area contributed by atoms with Gasteiger partial charge in [-0.15, -0.1) is 16.4 Å². The summed E-state index contributed by atoms with van der Waals surface area (Å²) in [6.07, 6.45) is 1.68. The first-order valence-electron chi connectivity index (χ1n) is 9.38. The Morgan fingerprint density at radius 2 is 1.90 bits per heavy atom. The zero-order valence-electron chi connectivity index (χ0n) is 16.4. The van der Waals surface area contributed by atoms with E-state index in [1.165, 1.54) is 5.56 Å². The fraction of sp³-hybridized carbons (Fsp3) is 0.227. The molecule has 146 valence electrons. The van der Waals surface area contributed by atoms with E-state index in [0.29, 0.717) is 18.2 Å². The van der Waals surface area contributed by atoms with Crippen molar-refractivity contribution in [2.75, 3.05) is 0 Å². The Labute approximate surface area is 171 Å². The average molecular weight is 404 g/mol. The number of benzene rings is 1. The number of hydrogen-bond donors (Lipinski definition) is 0.